The molecule has 1 aromatic carbocycles. The predicted octanol–water partition coefficient (Wildman–Crippen LogP) is 2.91. The molecule has 0 heterocycles. The van der Waals surface area contributed by atoms with E-state index in [-0.39, 0.29) is 43.5 Å². The maximum atomic E-state index is 11.7. The lowest BCUT2D eigenvalue weighted by atomic mass is 10.1. The Bertz CT molecular complexity index is 637. The minimum absolute atomic E-state index is 0. The number of hydrogen-bond donors (Lipinski definition) is 2. The first-order chi connectivity index (χ1) is 12.4. The van der Waals surface area contributed by atoms with E-state index >= 15 is 0 Å². The van der Waals surface area contributed by atoms with Crippen molar-refractivity contribution in [2.75, 3.05) is 13.2 Å². The molecule has 0 aromatic heterocycles. The Labute approximate surface area is 163 Å². The van der Waals surface area contributed by atoms with Crippen LogP contribution in [0, 0.1) is 0 Å². The van der Waals surface area contributed by atoms with Gasteiger partial charge in [-0.3, -0.25) is 4.79 Å². The van der Waals surface area contributed by atoms with Crippen LogP contribution in [-0.2, 0) is 20.7 Å². The number of rotatable bonds is 9. The van der Waals surface area contributed by atoms with Gasteiger partial charge in [-0.15, -0.1) is 12.4 Å². The third kappa shape index (κ3) is 9.11. The summed E-state index contributed by atoms with van der Waals surface area (Å²) in [6.45, 7) is 3.99. The fraction of sp³-hybridized carbons (Fsp3) is 0.471. The standard InChI is InChI=1S/C17H23NO8.ClH/c1-3-7-23-16(21)25-13-6-5-11(9-12(18)15(19)20)10-14(13)26-17(22)24-8-4-2;/h5-6,10,12H,3-4,7-9,18H2,1-2H3,(H,19,20);1H/t12-;/m0./s1. The van der Waals surface area contributed by atoms with Crippen LogP contribution in [0.4, 0.5) is 9.59 Å². The highest BCUT2D eigenvalue weighted by molar-refractivity contribution is 5.85. The molecule has 0 aliphatic rings. The number of aliphatic carboxylic acids is 1. The summed E-state index contributed by atoms with van der Waals surface area (Å²) in [5.41, 5.74) is 5.98. The first-order valence-electron chi connectivity index (χ1n) is 8.17. The molecule has 0 saturated carbocycles. The largest absolute Gasteiger partial charge is 0.513 e. The van der Waals surface area contributed by atoms with E-state index in [0.29, 0.717) is 18.4 Å². The Hall–Kier alpha value is -2.52. The van der Waals surface area contributed by atoms with Crippen molar-refractivity contribution in [2.45, 2.75) is 39.2 Å². The second-order valence-corrected chi connectivity index (χ2v) is 5.33. The fourth-order valence-electron chi connectivity index (χ4n) is 1.79. The third-order valence-electron chi connectivity index (χ3n) is 3.02. The smallest absolute Gasteiger partial charge is 0.480 e. The quantitative estimate of drug-likeness (QED) is 0.469. The molecule has 1 atom stereocenters. The molecule has 0 bridgehead atoms. The molecule has 1 rings (SSSR count). The lowest BCUT2D eigenvalue weighted by Gasteiger charge is -2.13. The molecule has 10 heteroatoms. The van der Waals surface area contributed by atoms with Crippen LogP contribution in [0.1, 0.15) is 32.3 Å². The molecular formula is C17H24ClNO8. The summed E-state index contributed by atoms with van der Waals surface area (Å²) in [5.74, 6) is -1.33. The summed E-state index contributed by atoms with van der Waals surface area (Å²) < 4.78 is 19.7. The number of halogens is 1. The van der Waals surface area contributed by atoms with E-state index in [2.05, 4.69) is 0 Å². The van der Waals surface area contributed by atoms with Crippen LogP contribution < -0.4 is 15.2 Å². The molecule has 0 amide bonds. The second-order valence-electron chi connectivity index (χ2n) is 5.33. The summed E-state index contributed by atoms with van der Waals surface area (Å²) in [6.07, 6.45) is -0.703. The highest BCUT2D eigenvalue weighted by Gasteiger charge is 2.18. The monoisotopic (exact) mass is 405 g/mol. The lowest BCUT2D eigenvalue weighted by Crippen LogP contribution is -2.32. The average molecular weight is 406 g/mol. The topological polar surface area (TPSA) is 134 Å². The number of benzene rings is 1. The molecule has 0 saturated heterocycles. The highest BCUT2D eigenvalue weighted by atomic mass is 35.5. The van der Waals surface area contributed by atoms with Gasteiger partial charge in [0.1, 0.15) is 6.04 Å². The van der Waals surface area contributed by atoms with Gasteiger partial charge in [0.2, 0.25) is 0 Å². The zero-order valence-electron chi connectivity index (χ0n) is 15.1. The summed E-state index contributed by atoms with van der Waals surface area (Å²) in [6, 6.07) is 3.10. The molecule has 3 N–H and O–H groups in total. The van der Waals surface area contributed by atoms with Crippen molar-refractivity contribution in [2.24, 2.45) is 5.73 Å². The Morgan fingerprint density at radius 2 is 1.52 bits per heavy atom. The van der Waals surface area contributed by atoms with Crippen molar-refractivity contribution in [3.05, 3.63) is 23.8 Å². The van der Waals surface area contributed by atoms with Gasteiger partial charge < -0.3 is 29.8 Å². The first kappa shape index (κ1) is 24.5. The molecule has 0 spiro atoms. The van der Waals surface area contributed by atoms with Gasteiger partial charge in [0, 0.05) is 0 Å². The first-order valence-corrected chi connectivity index (χ1v) is 8.17. The summed E-state index contributed by atoms with van der Waals surface area (Å²) in [5, 5.41) is 8.89. The lowest BCUT2D eigenvalue weighted by molar-refractivity contribution is -0.138. The molecule has 0 fully saturated rings. The molecule has 0 aliphatic carbocycles. The summed E-state index contributed by atoms with van der Waals surface area (Å²) in [7, 11) is 0. The molecule has 9 nitrogen and oxygen atoms in total. The van der Waals surface area contributed by atoms with Gasteiger partial charge in [-0.05, 0) is 37.0 Å². The Balaban J connectivity index is 0.00000676. The predicted molar refractivity (Wildman–Crippen MR) is 97.5 cm³/mol. The van der Waals surface area contributed by atoms with Crippen molar-refractivity contribution < 1.29 is 38.4 Å². The van der Waals surface area contributed by atoms with Crippen LogP contribution in [0.5, 0.6) is 11.5 Å². The summed E-state index contributed by atoms with van der Waals surface area (Å²) >= 11 is 0. The van der Waals surface area contributed by atoms with Crippen LogP contribution in [0.2, 0.25) is 0 Å². The molecule has 0 unspecified atom stereocenters. The third-order valence-corrected chi connectivity index (χ3v) is 3.02. The Morgan fingerprint density at radius 3 is 2.00 bits per heavy atom. The molecule has 152 valence electrons. The number of ether oxygens (including phenoxy) is 4. The van der Waals surface area contributed by atoms with Crippen LogP contribution in [0.15, 0.2) is 18.2 Å². The number of hydrogen-bond acceptors (Lipinski definition) is 8. The molecule has 27 heavy (non-hydrogen) atoms. The number of nitrogens with two attached hydrogens (primary N) is 1. The SMILES string of the molecule is CCCOC(=O)Oc1ccc(C[C@H](N)C(=O)O)cc1OC(=O)OCCC.Cl. The van der Waals surface area contributed by atoms with Crippen LogP contribution in [0.25, 0.3) is 0 Å². The highest BCUT2D eigenvalue weighted by Crippen LogP contribution is 2.30. The van der Waals surface area contributed by atoms with Gasteiger partial charge in [0.05, 0.1) is 13.2 Å². The maximum absolute atomic E-state index is 11.7. The fourth-order valence-corrected chi connectivity index (χ4v) is 1.79. The van der Waals surface area contributed by atoms with Gasteiger partial charge in [0.25, 0.3) is 0 Å². The zero-order chi connectivity index (χ0) is 19.5. The Morgan fingerprint density at radius 1 is 1.00 bits per heavy atom. The van der Waals surface area contributed by atoms with E-state index in [9.17, 15) is 14.4 Å². The van der Waals surface area contributed by atoms with E-state index in [1.54, 1.807) is 0 Å². The van der Waals surface area contributed by atoms with Crippen molar-refractivity contribution in [3.8, 4) is 11.5 Å². The molecule has 0 radical (unpaired) electrons. The number of carbonyl (C=O) groups excluding carboxylic acids is 2. The number of carboxylic acids is 1. The minimum atomic E-state index is -1.17. The molecule has 0 aliphatic heterocycles. The zero-order valence-corrected chi connectivity index (χ0v) is 16.0. The number of carboxylic acid groups (broad SMARTS) is 1. The van der Waals surface area contributed by atoms with Gasteiger partial charge in [0.15, 0.2) is 11.5 Å². The van der Waals surface area contributed by atoms with E-state index in [1.165, 1.54) is 18.2 Å². The Kier molecular flexibility index (Phi) is 11.6. The van der Waals surface area contributed by atoms with Gasteiger partial charge in [-0.25, -0.2) is 9.59 Å². The van der Waals surface area contributed by atoms with E-state index in [1.807, 2.05) is 13.8 Å². The van der Waals surface area contributed by atoms with Gasteiger partial charge in [-0.1, -0.05) is 19.9 Å². The van der Waals surface area contributed by atoms with Crippen molar-refractivity contribution in [1.82, 2.24) is 0 Å². The van der Waals surface area contributed by atoms with Crippen LogP contribution in [-0.4, -0.2) is 42.6 Å². The minimum Gasteiger partial charge on any atom is -0.480 e. The van der Waals surface area contributed by atoms with Crippen LogP contribution >= 0.6 is 12.4 Å². The van der Waals surface area contributed by atoms with Crippen molar-refractivity contribution in [3.63, 3.8) is 0 Å². The number of carbonyl (C=O) groups is 3. The van der Waals surface area contributed by atoms with Crippen molar-refractivity contribution >= 4 is 30.7 Å². The van der Waals surface area contributed by atoms with Crippen LogP contribution in [0.3, 0.4) is 0 Å². The normalized spacial score (nSPS) is 10.9. The molecule has 1 aromatic rings. The maximum Gasteiger partial charge on any atom is 0.513 e. The second kappa shape index (κ2) is 12.8. The summed E-state index contributed by atoms with van der Waals surface area (Å²) in [4.78, 5) is 34.2. The van der Waals surface area contributed by atoms with Gasteiger partial charge in [-0.2, -0.15) is 0 Å². The van der Waals surface area contributed by atoms with E-state index < -0.39 is 24.3 Å². The van der Waals surface area contributed by atoms with Crippen molar-refractivity contribution in [1.29, 1.82) is 0 Å². The van der Waals surface area contributed by atoms with E-state index in [4.69, 9.17) is 29.8 Å². The average Bonchev–Trinajstić information content (AvgIpc) is 2.60. The van der Waals surface area contributed by atoms with E-state index in [0.717, 1.165) is 0 Å². The van der Waals surface area contributed by atoms with Gasteiger partial charge >= 0.3 is 18.3 Å². The molecular weight excluding hydrogens is 382 g/mol.